The summed E-state index contributed by atoms with van der Waals surface area (Å²) in [6.07, 6.45) is 3.91. The van der Waals surface area contributed by atoms with Crippen LogP contribution in [0.2, 0.25) is 0 Å². The van der Waals surface area contributed by atoms with Crippen LogP contribution in [-0.2, 0) is 6.42 Å². The summed E-state index contributed by atoms with van der Waals surface area (Å²) in [5.74, 6) is -0.698. The first-order chi connectivity index (χ1) is 17.1. The Morgan fingerprint density at radius 1 is 0.714 bits per heavy atom. The number of nitrogens with zero attached hydrogens (tertiary/aromatic N) is 2. The molecule has 0 bridgehead atoms. The third-order valence-electron chi connectivity index (χ3n) is 5.83. The van der Waals surface area contributed by atoms with Gasteiger partial charge in [-0.2, -0.15) is 0 Å². The van der Waals surface area contributed by atoms with Gasteiger partial charge in [0.25, 0.3) is 17.7 Å². The van der Waals surface area contributed by atoms with Crippen LogP contribution in [0.1, 0.15) is 36.6 Å². The van der Waals surface area contributed by atoms with Crippen molar-refractivity contribution in [1.29, 1.82) is 0 Å². The van der Waals surface area contributed by atoms with Crippen molar-refractivity contribution in [2.45, 2.75) is 6.42 Å². The first kappa shape index (κ1) is 22.0. The molecule has 0 radical (unpaired) electrons. The van der Waals surface area contributed by atoms with E-state index in [0.717, 1.165) is 12.1 Å². The first-order valence-electron chi connectivity index (χ1n) is 11.2. The predicted molar refractivity (Wildman–Crippen MR) is 135 cm³/mol. The molecule has 35 heavy (non-hydrogen) atoms. The summed E-state index contributed by atoms with van der Waals surface area (Å²) in [5.41, 5.74) is 4.56. The number of amides is 3. The number of nitrogens with one attached hydrogen (secondary N) is 2. The van der Waals surface area contributed by atoms with E-state index in [4.69, 9.17) is 0 Å². The number of pyridine rings is 1. The van der Waals surface area contributed by atoms with E-state index in [1.54, 1.807) is 71.8 Å². The van der Waals surface area contributed by atoms with Gasteiger partial charge >= 0.3 is 0 Å². The molecule has 3 aromatic carbocycles. The van der Waals surface area contributed by atoms with Crippen LogP contribution in [0.4, 0.5) is 17.1 Å². The Labute approximate surface area is 202 Å². The third kappa shape index (κ3) is 4.79. The Morgan fingerprint density at radius 3 is 2.26 bits per heavy atom. The minimum absolute atomic E-state index is 0.0649. The van der Waals surface area contributed by atoms with Crippen molar-refractivity contribution in [2.24, 2.45) is 0 Å². The smallest absolute Gasteiger partial charge is 0.258 e. The second-order valence-corrected chi connectivity index (χ2v) is 8.14. The molecule has 0 atom stereocenters. The Balaban J connectivity index is 1.24. The van der Waals surface area contributed by atoms with Gasteiger partial charge in [0.15, 0.2) is 0 Å². The highest BCUT2D eigenvalue weighted by Gasteiger charge is 2.25. The Kier molecular flexibility index (Phi) is 6.05. The van der Waals surface area contributed by atoms with Gasteiger partial charge in [-0.1, -0.05) is 24.3 Å². The van der Waals surface area contributed by atoms with Gasteiger partial charge < -0.3 is 15.5 Å². The molecule has 1 aliphatic rings. The lowest BCUT2D eigenvalue weighted by molar-refractivity contribution is 0.0987. The SMILES string of the molecule is O=C(Nc1cccc(C(=O)Nc2ccc(C(=O)N3CCc4ccccc43)cc2)c1)c1cccnc1. The van der Waals surface area contributed by atoms with E-state index in [1.807, 2.05) is 24.3 Å². The van der Waals surface area contributed by atoms with Crippen LogP contribution in [0.5, 0.6) is 0 Å². The molecule has 0 saturated carbocycles. The average molecular weight is 463 g/mol. The molecule has 3 amide bonds. The largest absolute Gasteiger partial charge is 0.322 e. The molecule has 1 aliphatic heterocycles. The number of rotatable bonds is 5. The lowest BCUT2D eigenvalue weighted by Crippen LogP contribution is -2.28. The Hall–Kier alpha value is -4.78. The van der Waals surface area contributed by atoms with E-state index in [-0.39, 0.29) is 17.7 Å². The normalized spacial score (nSPS) is 12.1. The minimum Gasteiger partial charge on any atom is -0.322 e. The molecule has 4 aromatic rings. The zero-order chi connectivity index (χ0) is 24.2. The molecule has 172 valence electrons. The van der Waals surface area contributed by atoms with Gasteiger partial charge in [-0.15, -0.1) is 0 Å². The van der Waals surface area contributed by atoms with Crippen molar-refractivity contribution in [2.75, 3.05) is 22.1 Å². The van der Waals surface area contributed by atoms with Crippen molar-refractivity contribution in [3.05, 3.63) is 120 Å². The molecular formula is C28H22N4O3. The number of carbonyl (C=O) groups is 3. The summed E-state index contributed by atoms with van der Waals surface area (Å²) in [7, 11) is 0. The predicted octanol–water partition coefficient (Wildman–Crippen LogP) is 4.79. The van der Waals surface area contributed by atoms with Crippen molar-refractivity contribution >= 4 is 34.8 Å². The van der Waals surface area contributed by atoms with Crippen LogP contribution >= 0.6 is 0 Å². The topological polar surface area (TPSA) is 91.4 Å². The highest BCUT2D eigenvalue weighted by atomic mass is 16.2. The molecule has 2 N–H and O–H groups in total. The van der Waals surface area contributed by atoms with E-state index in [0.29, 0.717) is 34.6 Å². The van der Waals surface area contributed by atoms with Crippen molar-refractivity contribution in [1.82, 2.24) is 4.98 Å². The first-order valence-corrected chi connectivity index (χ1v) is 11.2. The van der Waals surface area contributed by atoms with Crippen LogP contribution in [0.15, 0.2) is 97.3 Å². The van der Waals surface area contributed by atoms with E-state index < -0.39 is 0 Å². The molecular weight excluding hydrogens is 440 g/mol. The molecule has 0 saturated heterocycles. The minimum atomic E-state index is -0.324. The highest BCUT2D eigenvalue weighted by molar-refractivity contribution is 6.09. The number of anilines is 3. The van der Waals surface area contributed by atoms with Gasteiger partial charge in [0.1, 0.15) is 0 Å². The maximum absolute atomic E-state index is 13.0. The lowest BCUT2D eigenvalue weighted by Gasteiger charge is -2.17. The molecule has 2 heterocycles. The number of para-hydroxylation sites is 1. The van der Waals surface area contributed by atoms with E-state index in [9.17, 15) is 14.4 Å². The summed E-state index contributed by atoms with van der Waals surface area (Å²) in [6, 6.07) is 24.8. The Bertz CT molecular complexity index is 1400. The second-order valence-electron chi connectivity index (χ2n) is 8.14. The van der Waals surface area contributed by atoms with Crippen LogP contribution < -0.4 is 15.5 Å². The van der Waals surface area contributed by atoms with E-state index in [2.05, 4.69) is 15.6 Å². The number of benzene rings is 3. The summed E-state index contributed by atoms with van der Waals surface area (Å²) < 4.78 is 0. The average Bonchev–Trinajstić information content (AvgIpc) is 3.33. The van der Waals surface area contributed by atoms with Crippen LogP contribution in [-0.4, -0.2) is 29.3 Å². The zero-order valence-electron chi connectivity index (χ0n) is 18.8. The van der Waals surface area contributed by atoms with Gasteiger partial charge in [0.2, 0.25) is 0 Å². The van der Waals surface area contributed by atoms with Gasteiger partial charge in [0, 0.05) is 47.1 Å². The number of carbonyl (C=O) groups excluding carboxylic acids is 3. The molecule has 5 rings (SSSR count). The van der Waals surface area contributed by atoms with Crippen LogP contribution in [0.25, 0.3) is 0 Å². The fourth-order valence-corrected chi connectivity index (χ4v) is 4.04. The maximum Gasteiger partial charge on any atom is 0.258 e. The van der Waals surface area contributed by atoms with Crippen molar-refractivity contribution in [3.8, 4) is 0 Å². The van der Waals surface area contributed by atoms with Crippen LogP contribution in [0.3, 0.4) is 0 Å². The number of hydrogen-bond acceptors (Lipinski definition) is 4. The monoisotopic (exact) mass is 462 g/mol. The molecule has 7 nitrogen and oxygen atoms in total. The summed E-state index contributed by atoms with van der Waals surface area (Å²) in [6.45, 7) is 0.657. The zero-order valence-corrected chi connectivity index (χ0v) is 18.8. The van der Waals surface area contributed by atoms with Gasteiger partial charge in [0.05, 0.1) is 5.56 Å². The van der Waals surface area contributed by atoms with Gasteiger partial charge in [-0.3, -0.25) is 19.4 Å². The maximum atomic E-state index is 13.0. The molecule has 0 spiro atoms. The van der Waals surface area contributed by atoms with Gasteiger partial charge in [-0.25, -0.2) is 0 Å². The molecule has 0 unspecified atom stereocenters. The molecule has 0 fully saturated rings. The van der Waals surface area contributed by atoms with Crippen molar-refractivity contribution < 1.29 is 14.4 Å². The highest BCUT2D eigenvalue weighted by Crippen LogP contribution is 2.29. The van der Waals surface area contributed by atoms with E-state index in [1.165, 1.54) is 11.8 Å². The number of aromatic nitrogens is 1. The fraction of sp³-hybridized carbons (Fsp3) is 0.0714. The number of fused-ring (bicyclic) bond motifs is 1. The molecule has 0 aliphatic carbocycles. The molecule has 7 heteroatoms. The Morgan fingerprint density at radius 2 is 1.46 bits per heavy atom. The van der Waals surface area contributed by atoms with E-state index >= 15 is 0 Å². The summed E-state index contributed by atoms with van der Waals surface area (Å²) in [4.78, 5) is 43.9. The lowest BCUT2D eigenvalue weighted by atomic mass is 10.1. The third-order valence-corrected chi connectivity index (χ3v) is 5.83. The summed E-state index contributed by atoms with van der Waals surface area (Å²) >= 11 is 0. The standard InChI is InChI=1S/C28H22N4O3/c33-26(21-6-3-8-24(17-21)31-27(34)22-7-4-15-29-18-22)30-23-12-10-20(11-13-23)28(35)32-16-14-19-5-1-2-9-25(19)32/h1-13,15,17-18H,14,16H2,(H,30,33)(H,31,34). The fourth-order valence-electron chi connectivity index (χ4n) is 4.04. The second kappa shape index (κ2) is 9.61. The quantitative estimate of drug-likeness (QED) is 0.446. The van der Waals surface area contributed by atoms with Crippen molar-refractivity contribution in [3.63, 3.8) is 0 Å². The molecule has 1 aromatic heterocycles. The summed E-state index contributed by atoms with van der Waals surface area (Å²) in [5, 5.41) is 5.61. The number of hydrogen-bond donors (Lipinski definition) is 2. The van der Waals surface area contributed by atoms with Crippen LogP contribution in [0, 0.1) is 0 Å². The van der Waals surface area contributed by atoms with Gasteiger partial charge in [-0.05, 0) is 72.6 Å².